The van der Waals surface area contributed by atoms with E-state index in [1.54, 1.807) is 50.6 Å². The van der Waals surface area contributed by atoms with Gasteiger partial charge in [-0.15, -0.1) is 0 Å². The highest BCUT2D eigenvalue weighted by molar-refractivity contribution is 7.99. The second-order valence-electron chi connectivity index (χ2n) is 5.80. The third kappa shape index (κ3) is 4.43. The summed E-state index contributed by atoms with van der Waals surface area (Å²) in [5.41, 5.74) is 1.28. The van der Waals surface area contributed by atoms with Gasteiger partial charge in [0.25, 0.3) is 5.56 Å². The molecule has 0 saturated heterocycles. The van der Waals surface area contributed by atoms with Crippen molar-refractivity contribution in [1.82, 2.24) is 14.9 Å². The van der Waals surface area contributed by atoms with E-state index in [4.69, 9.17) is 16.3 Å². The maximum Gasteiger partial charge on any atom is 0.261 e. The molecule has 1 heterocycles. The molecule has 3 rings (SSSR count). The zero-order valence-corrected chi connectivity index (χ0v) is 16.4. The molecular formula is C19H18ClN3O3S. The predicted octanol–water partition coefficient (Wildman–Crippen LogP) is 3.00. The number of aromatic nitrogens is 2. The molecule has 0 atom stereocenters. The monoisotopic (exact) mass is 403 g/mol. The molecular weight excluding hydrogens is 386 g/mol. The lowest BCUT2D eigenvalue weighted by molar-refractivity contribution is -0.118. The first-order chi connectivity index (χ1) is 13.0. The summed E-state index contributed by atoms with van der Waals surface area (Å²) in [4.78, 5) is 29.1. The number of ether oxygens (including phenoxy) is 1. The second-order valence-corrected chi connectivity index (χ2v) is 7.18. The van der Waals surface area contributed by atoms with Gasteiger partial charge in [0, 0.05) is 24.2 Å². The Morgan fingerprint density at radius 2 is 2.07 bits per heavy atom. The normalized spacial score (nSPS) is 10.8. The number of thioether (sulfide) groups is 1. The van der Waals surface area contributed by atoms with Gasteiger partial charge in [-0.2, -0.15) is 0 Å². The number of rotatable bonds is 6. The smallest absolute Gasteiger partial charge is 0.261 e. The number of amides is 1. The van der Waals surface area contributed by atoms with Crippen molar-refractivity contribution in [2.24, 2.45) is 7.05 Å². The standard InChI is InChI=1S/C19H18ClN3O3S/c1-23-18(25)14-5-3-4-6-15(14)22-19(23)27-11-17(24)21-10-12-9-13(20)7-8-16(12)26-2/h3-9H,10-11H2,1-2H3,(H,21,24). The first-order valence-corrected chi connectivity index (χ1v) is 9.53. The highest BCUT2D eigenvalue weighted by Crippen LogP contribution is 2.22. The number of benzene rings is 2. The van der Waals surface area contributed by atoms with Crippen molar-refractivity contribution in [2.45, 2.75) is 11.7 Å². The van der Waals surface area contributed by atoms with Crippen molar-refractivity contribution < 1.29 is 9.53 Å². The number of methoxy groups -OCH3 is 1. The van der Waals surface area contributed by atoms with Gasteiger partial charge in [0.05, 0.1) is 23.8 Å². The molecule has 2 aromatic carbocycles. The Morgan fingerprint density at radius 3 is 2.85 bits per heavy atom. The molecule has 0 fully saturated rings. The molecule has 6 nitrogen and oxygen atoms in total. The van der Waals surface area contributed by atoms with Crippen molar-refractivity contribution in [1.29, 1.82) is 0 Å². The SMILES string of the molecule is COc1ccc(Cl)cc1CNC(=O)CSc1nc2ccccc2c(=O)n1C. The number of fused-ring (bicyclic) bond motifs is 1. The maximum absolute atomic E-state index is 12.4. The fraction of sp³-hybridized carbons (Fsp3) is 0.211. The summed E-state index contributed by atoms with van der Waals surface area (Å²) < 4.78 is 6.73. The minimum absolute atomic E-state index is 0.132. The van der Waals surface area contributed by atoms with E-state index in [1.807, 2.05) is 6.07 Å². The van der Waals surface area contributed by atoms with Crippen LogP contribution in [0.4, 0.5) is 0 Å². The van der Waals surface area contributed by atoms with Gasteiger partial charge < -0.3 is 10.1 Å². The van der Waals surface area contributed by atoms with Crippen LogP contribution in [-0.2, 0) is 18.4 Å². The molecule has 0 aliphatic rings. The number of para-hydroxylation sites is 1. The number of hydrogen-bond donors (Lipinski definition) is 1. The van der Waals surface area contributed by atoms with Gasteiger partial charge in [0.15, 0.2) is 5.16 Å². The van der Waals surface area contributed by atoms with Gasteiger partial charge in [-0.25, -0.2) is 4.98 Å². The summed E-state index contributed by atoms with van der Waals surface area (Å²) >= 11 is 7.21. The summed E-state index contributed by atoms with van der Waals surface area (Å²) in [6.45, 7) is 0.299. The third-order valence-corrected chi connectivity index (χ3v) is 5.26. The Labute approximate surface area is 165 Å². The van der Waals surface area contributed by atoms with Gasteiger partial charge in [0.2, 0.25) is 5.91 Å². The first-order valence-electron chi connectivity index (χ1n) is 8.17. The zero-order valence-electron chi connectivity index (χ0n) is 14.9. The Bertz CT molecular complexity index is 1050. The van der Waals surface area contributed by atoms with Gasteiger partial charge >= 0.3 is 0 Å². The molecule has 0 radical (unpaired) electrons. The summed E-state index contributed by atoms with van der Waals surface area (Å²) in [6, 6.07) is 12.4. The Hall–Kier alpha value is -2.51. The summed E-state index contributed by atoms with van der Waals surface area (Å²) in [5.74, 6) is 0.622. The zero-order chi connectivity index (χ0) is 19.4. The lowest BCUT2D eigenvalue weighted by Gasteiger charge is -2.11. The number of halogens is 1. The third-order valence-electron chi connectivity index (χ3n) is 3.99. The summed E-state index contributed by atoms with van der Waals surface area (Å²) in [6.07, 6.45) is 0. The van der Waals surface area contributed by atoms with Gasteiger partial charge in [-0.05, 0) is 30.3 Å². The van der Waals surface area contributed by atoms with Crippen molar-refractivity contribution in [3.05, 3.63) is 63.4 Å². The number of carbonyl (C=O) groups excluding carboxylic acids is 1. The van der Waals surface area contributed by atoms with Crippen LogP contribution in [0, 0.1) is 0 Å². The second kappa shape index (κ2) is 8.45. The molecule has 27 heavy (non-hydrogen) atoms. The van der Waals surface area contributed by atoms with Crippen LogP contribution in [0.1, 0.15) is 5.56 Å². The van der Waals surface area contributed by atoms with Crippen molar-refractivity contribution in [2.75, 3.05) is 12.9 Å². The summed E-state index contributed by atoms with van der Waals surface area (Å²) in [7, 11) is 3.22. The average Bonchev–Trinajstić information content (AvgIpc) is 2.68. The molecule has 0 bridgehead atoms. The average molecular weight is 404 g/mol. The largest absolute Gasteiger partial charge is 0.496 e. The van der Waals surface area contributed by atoms with Crippen LogP contribution < -0.4 is 15.6 Å². The predicted molar refractivity (Wildman–Crippen MR) is 108 cm³/mol. The number of hydrogen-bond acceptors (Lipinski definition) is 5. The Morgan fingerprint density at radius 1 is 1.30 bits per heavy atom. The molecule has 0 unspecified atom stereocenters. The lowest BCUT2D eigenvalue weighted by Crippen LogP contribution is -2.26. The van der Waals surface area contributed by atoms with Crippen LogP contribution >= 0.6 is 23.4 Å². The van der Waals surface area contributed by atoms with E-state index in [0.29, 0.717) is 33.4 Å². The van der Waals surface area contributed by atoms with Gasteiger partial charge in [-0.3, -0.25) is 14.2 Å². The molecule has 1 N–H and O–H groups in total. The van der Waals surface area contributed by atoms with Crippen LogP contribution in [0.15, 0.2) is 52.4 Å². The van der Waals surface area contributed by atoms with E-state index >= 15 is 0 Å². The lowest BCUT2D eigenvalue weighted by atomic mass is 10.2. The Balaban J connectivity index is 1.66. The van der Waals surface area contributed by atoms with Crippen molar-refractivity contribution in [3.63, 3.8) is 0 Å². The van der Waals surface area contributed by atoms with E-state index in [-0.39, 0.29) is 17.2 Å². The van der Waals surface area contributed by atoms with E-state index < -0.39 is 0 Å². The molecule has 1 amide bonds. The molecule has 0 aliphatic carbocycles. The number of nitrogens with one attached hydrogen (secondary N) is 1. The summed E-state index contributed by atoms with van der Waals surface area (Å²) in [5, 5.41) is 4.45. The van der Waals surface area contributed by atoms with Gasteiger partial charge in [0.1, 0.15) is 5.75 Å². The Kier molecular flexibility index (Phi) is 6.03. The highest BCUT2D eigenvalue weighted by atomic mass is 35.5. The minimum atomic E-state index is -0.176. The molecule has 1 aromatic heterocycles. The molecule has 140 valence electrons. The van der Waals surface area contributed by atoms with Crippen molar-refractivity contribution in [3.8, 4) is 5.75 Å². The van der Waals surface area contributed by atoms with E-state index in [9.17, 15) is 9.59 Å². The first kappa shape index (κ1) is 19.3. The highest BCUT2D eigenvalue weighted by Gasteiger charge is 2.11. The van der Waals surface area contributed by atoms with Crippen LogP contribution in [0.5, 0.6) is 5.75 Å². The van der Waals surface area contributed by atoms with Crippen molar-refractivity contribution >= 4 is 40.2 Å². The number of carbonyl (C=O) groups is 1. The topological polar surface area (TPSA) is 73.2 Å². The molecule has 0 spiro atoms. The van der Waals surface area contributed by atoms with Gasteiger partial charge in [-0.1, -0.05) is 35.5 Å². The molecule has 0 saturated carbocycles. The quantitative estimate of drug-likeness (QED) is 0.506. The van der Waals surface area contributed by atoms with Crippen LogP contribution in [-0.4, -0.2) is 28.3 Å². The van der Waals surface area contributed by atoms with E-state index in [2.05, 4.69) is 10.3 Å². The molecule has 8 heteroatoms. The molecule has 3 aromatic rings. The fourth-order valence-corrected chi connectivity index (χ4v) is 3.58. The molecule has 0 aliphatic heterocycles. The fourth-order valence-electron chi connectivity index (χ4n) is 2.59. The van der Waals surface area contributed by atoms with Crippen LogP contribution in [0.3, 0.4) is 0 Å². The number of nitrogens with zero attached hydrogens (tertiary/aromatic N) is 2. The van der Waals surface area contributed by atoms with E-state index in [1.165, 1.54) is 16.3 Å². The van der Waals surface area contributed by atoms with E-state index in [0.717, 1.165) is 5.56 Å². The van der Waals surface area contributed by atoms with Crippen LogP contribution in [0.25, 0.3) is 10.9 Å². The minimum Gasteiger partial charge on any atom is -0.496 e. The maximum atomic E-state index is 12.4. The van der Waals surface area contributed by atoms with Crippen LogP contribution in [0.2, 0.25) is 5.02 Å².